The summed E-state index contributed by atoms with van der Waals surface area (Å²) in [4.78, 5) is 0. The van der Waals surface area contributed by atoms with Crippen LogP contribution < -0.4 is 5.73 Å². The monoisotopic (exact) mass is 321 g/mol. The molecule has 3 heteroatoms. The molecule has 2 aliphatic carbocycles. The zero-order valence-corrected chi connectivity index (χ0v) is 14.6. The van der Waals surface area contributed by atoms with Gasteiger partial charge in [0.05, 0.1) is 12.5 Å². The molecule has 0 amide bonds. The highest BCUT2D eigenvalue weighted by Crippen LogP contribution is 2.50. The van der Waals surface area contributed by atoms with Crippen LogP contribution in [0.4, 0.5) is 0 Å². The average molecular weight is 322 g/mol. The molecule has 0 bridgehead atoms. The van der Waals surface area contributed by atoms with Crippen LogP contribution in [0.5, 0.6) is 0 Å². The molecule has 3 rings (SSSR count). The van der Waals surface area contributed by atoms with Crippen molar-refractivity contribution in [1.29, 1.82) is 0 Å². The van der Waals surface area contributed by atoms with Crippen molar-refractivity contribution in [2.45, 2.75) is 57.8 Å². The first-order valence-electron chi connectivity index (χ1n) is 9.08. The standard InChI is InChI=1S/C19H31NOS/c20-10-12-22-15-17-3-8-19(9-4-17)6-1-16(2-7-19)13-18-5-11-21-14-18/h5,11,14,16-17H,1-4,6-10,12-13,15,20H2. The molecule has 0 saturated heterocycles. The molecule has 1 spiro atoms. The Balaban J connectivity index is 1.40. The largest absolute Gasteiger partial charge is 0.472 e. The molecule has 2 fully saturated rings. The summed E-state index contributed by atoms with van der Waals surface area (Å²) in [5.41, 5.74) is 7.69. The normalized spacial score (nSPS) is 32.4. The van der Waals surface area contributed by atoms with Gasteiger partial charge in [0.2, 0.25) is 0 Å². The Hall–Kier alpha value is -0.410. The van der Waals surface area contributed by atoms with Gasteiger partial charge < -0.3 is 10.2 Å². The molecule has 2 aliphatic rings. The van der Waals surface area contributed by atoms with E-state index >= 15 is 0 Å². The second-order valence-electron chi connectivity index (χ2n) is 7.59. The molecule has 2 N–H and O–H groups in total. The van der Waals surface area contributed by atoms with Gasteiger partial charge in [0, 0.05) is 12.3 Å². The summed E-state index contributed by atoms with van der Waals surface area (Å²) in [5.74, 6) is 4.33. The quantitative estimate of drug-likeness (QED) is 0.759. The minimum atomic E-state index is 0.710. The Labute approximate surface area is 139 Å². The maximum Gasteiger partial charge on any atom is 0.0934 e. The summed E-state index contributed by atoms with van der Waals surface area (Å²) in [6.45, 7) is 0.833. The van der Waals surface area contributed by atoms with Crippen LogP contribution in [0.3, 0.4) is 0 Å². The smallest absolute Gasteiger partial charge is 0.0934 e. The Morgan fingerprint density at radius 2 is 1.77 bits per heavy atom. The number of rotatable bonds is 6. The van der Waals surface area contributed by atoms with Crippen LogP contribution in [0.1, 0.15) is 56.9 Å². The summed E-state index contributed by atoms with van der Waals surface area (Å²) in [6, 6.07) is 2.13. The maximum absolute atomic E-state index is 5.59. The summed E-state index contributed by atoms with van der Waals surface area (Å²) < 4.78 is 5.21. The molecule has 0 unspecified atom stereocenters. The van der Waals surface area contributed by atoms with E-state index in [4.69, 9.17) is 10.2 Å². The first-order valence-corrected chi connectivity index (χ1v) is 10.2. The number of hydrogen-bond acceptors (Lipinski definition) is 3. The van der Waals surface area contributed by atoms with Crippen molar-refractivity contribution >= 4 is 11.8 Å². The fraction of sp³-hybridized carbons (Fsp3) is 0.789. The predicted octanol–water partition coefficient (Wildman–Crippen LogP) is 4.88. The SMILES string of the molecule is NCCSCC1CCC2(CC1)CCC(Cc1ccoc1)CC2. The van der Waals surface area contributed by atoms with E-state index in [1.807, 2.05) is 12.5 Å². The highest BCUT2D eigenvalue weighted by atomic mass is 32.2. The van der Waals surface area contributed by atoms with E-state index in [-0.39, 0.29) is 0 Å². The van der Waals surface area contributed by atoms with Gasteiger partial charge in [-0.15, -0.1) is 0 Å². The molecular formula is C19H31NOS. The summed E-state index contributed by atoms with van der Waals surface area (Å²) >= 11 is 2.06. The summed E-state index contributed by atoms with van der Waals surface area (Å²) in [6.07, 6.45) is 16.7. The minimum Gasteiger partial charge on any atom is -0.472 e. The van der Waals surface area contributed by atoms with Crippen LogP contribution in [0, 0.1) is 17.3 Å². The number of nitrogens with two attached hydrogens (primary N) is 1. The van der Waals surface area contributed by atoms with Gasteiger partial charge in [0.25, 0.3) is 0 Å². The van der Waals surface area contributed by atoms with Gasteiger partial charge >= 0.3 is 0 Å². The van der Waals surface area contributed by atoms with E-state index in [0.717, 1.165) is 24.1 Å². The lowest BCUT2D eigenvalue weighted by Gasteiger charge is -2.45. The van der Waals surface area contributed by atoms with E-state index in [9.17, 15) is 0 Å². The molecular weight excluding hydrogens is 290 g/mol. The Kier molecular flexibility index (Phi) is 5.92. The van der Waals surface area contributed by atoms with Gasteiger partial charge in [-0.2, -0.15) is 11.8 Å². The Bertz CT molecular complexity index is 413. The highest BCUT2D eigenvalue weighted by molar-refractivity contribution is 7.99. The fourth-order valence-corrected chi connectivity index (χ4v) is 5.53. The van der Waals surface area contributed by atoms with Gasteiger partial charge in [-0.05, 0) is 92.4 Å². The molecule has 2 saturated carbocycles. The van der Waals surface area contributed by atoms with Crippen molar-refractivity contribution in [3.63, 3.8) is 0 Å². The van der Waals surface area contributed by atoms with Crippen molar-refractivity contribution in [1.82, 2.24) is 0 Å². The van der Waals surface area contributed by atoms with Crippen molar-refractivity contribution in [3.05, 3.63) is 24.2 Å². The van der Waals surface area contributed by atoms with Crippen LogP contribution in [0.25, 0.3) is 0 Å². The van der Waals surface area contributed by atoms with Gasteiger partial charge in [0.15, 0.2) is 0 Å². The molecule has 0 aliphatic heterocycles. The van der Waals surface area contributed by atoms with Crippen LogP contribution in [0.2, 0.25) is 0 Å². The topological polar surface area (TPSA) is 39.2 Å². The maximum atomic E-state index is 5.59. The second-order valence-corrected chi connectivity index (χ2v) is 8.74. The van der Waals surface area contributed by atoms with Crippen LogP contribution in [-0.2, 0) is 6.42 Å². The molecule has 22 heavy (non-hydrogen) atoms. The first kappa shape index (κ1) is 16.4. The van der Waals surface area contributed by atoms with Gasteiger partial charge in [-0.1, -0.05) is 0 Å². The molecule has 1 heterocycles. The zero-order valence-electron chi connectivity index (χ0n) is 13.8. The van der Waals surface area contributed by atoms with Crippen molar-refractivity contribution in [2.24, 2.45) is 23.0 Å². The van der Waals surface area contributed by atoms with Gasteiger partial charge in [-0.3, -0.25) is 0 Å². The first-order chi connectivity index (χ1) is 10.8. The molecule has 0 atom stereocenters. The highest BCUT2D eigenvalue weighted by Gasteiger charge is 2.38. The van der Waals surface area contributed by atoms with Crippen LogP contribution >= 0.6 is 11.8 Å². The van der Waals surface area contributed by atoms with Crippen molar-refractivity contribution in [2.75, 3.05) is 18.1 Å². The lowest BCUT2D eigenvalue weighted by atomic mass is 9.61. The molecule has 1 aromatic rings. The Morgan fingerprint density at radius 3 is 2.36 bits per heavy atom. The molecule has 0 aromatic carbocycles. The van der Waals surface area contributed by atoms with E-state index in [0.29, 0.717) is 5.41 Å². The fourth-order valence-electron chi connectivity index (χ4n) is 4.53. The third-order valence-corrected chi connectivity index (χ3v) is 7.28. The van der Waals surface area contributed by atoms with Gasteiger partial charge in [-0.25, -0.2) is 0 Å². The van der Waals surface area contributed by atoms with E-state index in [1.54, 1.807) is 0 Å². The zero-order chi connectivity index (χ0) is 15.3. The number of thioether (sulfide) groups is 1. The third kappa shape index (κ3) is 4.32. The van der Waals surface area contributed by atoms with Crippen molar-refractivity contribution in [3.8, 4) is 0 Å². The third-order valence-electron chi connectivity index (χ3n) is 6.05. The second kappa shape index (κ2) is 7.92. The molecule has 0 radical (unpaired) electrons. The van der Waals surface area contributed by atoms with E-state index in [2.05, 4.69) is 17.8 Å². The number of hydrogen-bond donors (Lipinski definition) is 1. The number of furan rings is 1. The summed E-state index contributed by atoms with van der Waals surface area (Å²) in [7, 11) is 0. The van der Waals surface area contributed by atoms with Crippen LogP contribution in [0.15, 0.2) is 23.0 Å². The molecule has 2 nitrogen and oxygen atoms in total. The van der Waals surface area contributed by atoms with Gasteiger partial charge in [0.1, 0.15) is 0 Å². The predicted molar refractivity (Wildman–Crippen MR) is 95.1 cm³/mol. The molecule has 124 valence electrons. The average Bonchev–Trinajstić information content (AvgIpc) is 3.05. The Morgan fingerprint density at radius 1 is 1.09 bits per heavy atom. The van der Waals surface area contributed by atoms with Crippen LogP contribution in [-0.4, -0.2) is 18.1 Å². The lowest BCUT2D eigenvalue weighted by molar-refractivity contribution is 0.0802. The van der Waals surface area contributed by atoms with E-state index in [1.165, 1.54) is 69.1 Å². The molecule has 1 aromatic heterocycles. The lowest BCUT2D eigenvalue weighted by Crippen LogP contribution is -2.33. The van der Waals surface area contributed by atoms with E-state index < -0.39 is 0 Å². The summed E-state index contributed by atoms with van der Waals surface area (Å²) in [5, 5.41) is 0. The minimum absolute atomic E-state index is 0.710. The van der Waals surface area contributed by atoms with Crippen molar-refractivity contribution < 1.29 is 4.42 Å².